The van der Waals surface area contributed by atoms with E-state index in [1.807, 2.05) is 6.92 Å². The largest absolute Gasteiger partial charge is 0.384 e. The van der Waals surface area contributed by atoms with Gasteiger partial charge in [-0.3, -0.25) is 4.79 Å². The molecular formula is C10H12N6O. The lowest BCUT2D eigenvalue weighted by Gasteiger charge is -2.03. The fourth-order valence-corrected chi connectivity index (χ4v) is 1.35. The normalized spacial score (nSPS) is 10.4. The lowest BCUT2D eigenvalue weighted by Crippen LogP contribution is -2.10. The number of aryl methyl sites for hydroxylation is 1. The monoisotopic (exact) mass is 232 g/mol. The van der Waals surface area contributed by atoms with Crippen molar-refractivity contribution in [3.05, 3.63) is 29.8 Å². The maximum atomic E-state index is 10.9. The summed E-state index contributed by atoms with van der Waals surface area (Å²) >= 11 is 0. The second-order valence-corrected chi connectivity index (χ2v) is 3.46. The molecule has 2 rings (SSSR count). The van der Waals surface area contributed by atoms with Gasteiger partial charge in [-0.25, -0.2) is 14.6 Å². The molecule has 88 valence electrons. The number of hydrogen-bond acceptors (Lipinski definition) is 5. The molecule has 2 heterocycles. The van der Waals surface area contributed by atoms with Gasteiger partial charge in [0, 0.05) is 18.7 Å². The van der Waals surface area contributed by atoms with Crippen LogP contribution in [0.1, 0.15) is 23.1 Å². The second kappa shape index (κ2) is 4.20. The molecule has 0 saturated heterocycles. The Morgan fingerprint density at radius 2 is 2.24 bits per heavy atom. The SMILES string of the molecule is CCc1nc(N)cc(-n2cc(C(N)=O)cn2)n1. The van der Waals surface area contributed by atoms with Crippen LogP contribution in [-0.4, -0.2) is 25.7 Å². The number of amides is 1. The zero-order valence-corrected chi connectivity index (χ0v) is 9.29. The number of hydrogen-bond donors (Lipinski definition) is 2. The van der Waals surface area contributed by atoms with Gasteiger partial charge < -0.3 is 11.5 Å². The van der Waals surface area contributed by atoms with Gasteiger partial charge in [0.1, 0.15) is 11.6 Å². The van der Waals surface area contributed by atoms with Gasteiger partial charge in [-0.05, 0) is 0 Å². The minimum atomic E-state index is -0.533. The van der Waals surface area contributed by atoms with E-state index in [1.165, 1.54) is 17.1 Å². The van der Waals surface area contributed by atoms with Gasteiger partial charge in [0.05, 0.1) is 11.8 Å². The minimum Gasteiger partial charge on any atom is -0.384 e. The molecule has 2 aromatic heterocycles. The molecule has 0 spiro atoms. The molecule has 17 heavy (non-hydrogen) atoms. The van der Waals surface area contributed by atoms with Crippen LogP contribution in [0, 0.1) is 0 Å². The summed E-state index contributed by atoms with van der Waals surface area (Å²) in [5.74, 6) is 0.968. The summed E-state index contributed by atoms with van der Waals surface area (Å²) in [4.78, 5) is 19.3. The molecule has 1 amide bonds. The van der Waals surface area contributed by atoms with Gasteiger partial charge in [-0.15, -0.1) is 0 Å². The van der Waals surface area contributed by atoms with Crippen LogP contribution in [0.4, 0.5) is 5.82 Å². The van der Waals surface area contributed by atoms with Crippen LogP contribution in [-0.2, 0) is 6.42 Å². The molecule has 7 nitrogen and oxygen atoms in total. The quantitative estimate of drug-likeness (QED) is 0.767. The topological polar surface area (TPSA) is 113 Å². The van der Waals surface area contributed by atoms with Gasteiger partial charge >= 0.3 is 0 Å². The maximum absolute atomic E-state index is 10.9. The number of primary amides is 1. The van der Waals surface area contributed by atoms with Crippen molar-refractivity contribution in [2.45, 2.75) is 13.3 Å². The highest BCUT2D eigenvalue weighted by Gasteiger charge is 2.08. The molecule has 0 saturated carbocycles. The lowest BCUT2D eigenvalue weighted by atomic mass is 10.3. The average Bonchev–Trinajstić information content (AvgIpc) is 2.77. The maximum Gasteiger partial charge on any atom is 0.251 e. The van der Waals surface area contributed by atoms with E-state index in [1.54, 1.807) is 6.07 Å². The number of nitrogens with two attached hydrogens (primary N) is 2. The van der Waals surface area contributed by atoms with Crippen LogP contribution in [0.25, 0.3) is 5.82 Å². The van der Waals surface area contributed by atoms with Gasteiger partial charge in [0.25, 0.3) is 5.91 Å². The number of carbonyl (C=O) groups is 1. The Balaban J connectivity index is 2.44. The Morgan fingerprint density at radius 1 is 1.47 bits per heavy atom. The highest BCUT2D eigenvalue weighted by molar-refractivity contribution is 5.92. The van der Waals surface area contributed by atoms with E-state index in [2.05, 4.69) is 15.1 Å². The third kappa shape index (κ3) is 2.22. The number of anilines is 1. The van der Waals surface area contributed by atoms with E-state index in [-0.39, 0.29) is 0 Å². The van der Waals surface area contributed by atoms with Crippen molar-refractivity contribution in [2.24, 2.45) is 5.73 Å². The summed E-state index contributed by atoms with van der Waals surface area (Å²) in [6.45, 7) is 1.93. The molecule has 0 unspecified atom stereocenters. The van der Waals surface area contributed by atoms with Crippen molar-refractivity contribution >= 4 is 11.7 Å². The van der Waals surface area contributed by atoms with Crippen LogP contribution < -0.4 is 11.5 Å². The number of nitrogens with zero attached hydrogens (tertiary/aromatic N) is 4. The Hall–Kier alpha value is -2.44. The predicted molar refractivity (Wildman–Crippen MR) is 61.5 cm³/mol. The van der Waals surface area contributed by atoms with Crippen molar-refractivity contribution in [1.82, 2.24) is 19.7 Å². The number of nitrogen functional groups attached to an aromatic ring is 1. The van der Waals surface area contributed by atoms with E-state index < -0.39 is 5.91 Å². The van der Waals surface area contributed by atoms with Gasteiger partial charge in [0.2, 0.25) is 0 Å². The smallest absolute Gasteiger partial charge is 0.251 e. The summed E-state index contributed by atoms with van der Waals surface area (Å²) in [7, 11) is 0. The van der Waals surface area contributed by atoms with Crippen molar-refractivity contribution in [2.75, 3.05) is 5.73 Å². The molecular weight excluding hydrogens is 220 g/mol. The molecule has 0 aliphatic rings. The summed E-state index contributed by atoms with van der Waals surface area (Å²) in [6, 6.07) is 1.58. The molecule has 7 heteroatoms. The number of carbonyl (C=O) groups excluding carboxylic acids is 1. The number of rotatable bonds is 3. The predicted octanol–water partition coefficient (Wildman–Crippen LogP) is -0.0942. The van der Waals surface area contributed by atoms with E-state index in [9.17, 15) is 4.79 Å². The van der Waals surface area contributed by atoms with E-state index in [4.69, 9.17) is 11.5 Å². The first-order chi connectivity index (χ1) is 8.10. The van der Waals surface area contributed by atoms with Crippen molar-refractivity contribution in [3.63, 3.8) is 0 Å². The zero-order chi connectivity index (χ0) is 12.4. The van der Waals surface area contributed by atoms with Gasteiger partial charge in [0.15, 0.2) is 5.82 Å². The van der Waals surface area contributed by atoms with Crippen LogP contribution in [0.2, 0.25) is 0 Å². The summed E-state index contributed by atoms with van der Waals surface area (Å²) in [5.41, 5.74) is 11.1. The summed E-state index contributed by atoms with van der Waals surface area (Å²) in [6.07, 6.45) is 3.55. The van der Waals surface area contributed by atoms with E-state index in [0.29, 0.717) is 29.4 Å². The summed E-state index contributed by atoms with van der Waals surface area (Å²) in [5, 5.41) is 3.99. The third-order valence-corrected chi connectivity index (χ3v) is 2.20. The van der Waals surface area contributed by atoms with E-state index in [0.717, 1.165) is 0 Å². The molecule has 2 aromatic rings. The summed E-state index contributed by atoms with van der Waals surface area (Å²) < 4.78 is 1.44. The Labute approximate surface area is 97.5 Å². The molecule has 0 radical (unpaired) electrons. The first kappa shape index (κ1) is 11.1. The molecule has 0 fully saturated rings. The molecule has 0 aromatic carbocycles. The highest BCUT2D eigenvalue weighted by atomic mass is 16.1. The number of aromatic nitrogens is 4. The zero-order valence-electron chi connectivity index (χ0n) is 9.29. The molecule has 0 aliphatic carbocycles. The lowest BCUT2D eigenvalue weighted by molar-refractivity contribution is 0.100. The first-order valence-electron chi connectivity index (χ1n) is 5.08. The highest BCUT2D eigenvalue weighted by Crippen LogP contribution is 2.09. The van der Waals surface area contributed by atoms with Gasteiger partial charge in [-0.2, -0.15) is 5.10 Å². The van der Waals surface area contributed by atoms with Crippen molar-refractivity contribution in [1.29, 1.82) is 0 Å². The molecule has 0 aliphatic heterocycles. The van der Waals surface area contributed by atoms with E-state index >= 15 is 0 Å². The molecule has 0 atom stereocenters. The average molecular weight is 232 g/mol. The molecule has 0 bridgehead atoms. The fourth-order valence-electron chi connectivity index (χ4n) is 1.35. The van der Waals surface area contributed by atoms with Crippen molar-refractivity contribution in [3.8, 4) is 5.82 Å². The van der Waals surface area contributed by atoms with Crippen LogP contribution >= 0.6 is 0 Å². The van der Waals surface area contributed by atoms with Crippen LogP contribution in [0.5, 0.6) is 0 Å². The Kier molecular flexibility index (Phi) is 2.73. The minimum absolute atomic E-state index is 0.320. The van der Waals surface area contributed by atoms with Crippen molar-refractivity contribution < 1.29 is 4.79 Å². The molecule has 4 N–H and O–H groups in total. The van der Waals surface area contributed by atoms with Crippen LogP contribution in [0.15, 0.2) is 18.5 Å². The second-order valence-electron chi connectivity index (χ2n) is 3.46. The standard InChI is InChI=1S/C10H12N6O/c1-2-8-14-7(11)3-9(15-8)16-5-6(4-13-16)10(12)17/h3-5H,2H2,1H3,(H2,12,17)(H2,11,14,15). The van der Waals surface area contributed by atoms with Crippen LogP contribution in [0.3, 0.4) is 0 Å². The first-order valence-corrected chi connectivity index (χ1v) is 5.08. The third-order valence-electron chi connectivity index (χ3n) is 2.20. The fraction of sp³-hybridized carbons (Fsp3) is 0.200. The Morgan fingerprint density at radius 3 is 2.82 bits per heavy atom. The van der Waals surface area contributed by atoms with Gasteiger partial charge in [-0.1, -0.05) is 6.92 Å². The Bertz CT molecular complexity index is 562.